The highest BCUT2D eigenvalue weighted by Gasteiger charge is 2.29. The molecule has 1 heterocycles. The van der Waals surface area contributed by atoms with Crippen molar-refractivity contribution in [2.24, 2.45) is 11.7 Å². The van der Waals surface area contributed by atoms with Crippen molar-refractivity contribution in [2.45, 2.75) is 31.8 Å². The lowest BCUT2D eigenvalue weighted by molar-refractivity contribution is 0.186. The third kappa shape index (κ3) is 3.14. The minimum absolute atomic E-state index is 0.536. The van der Waals surface area contributed by atoms with E-state index in [4.69, 9.17) is 10.3 Å². The molecule has 1 fully saturated rings. The molecule has 0 radical (unpaired) electrons. The molecule has 1 aliphatic carbocycles. The van der Waals surface area contributed by atoms with Crippen LogP contribution in [0.5, 0.6) is 0 Å². The van der Waals surface area contributed by atoms with Crippen molar-refractivity contribution in [3.63, 3.8) is 0 Å². The molecule has 0 saturated heterocycles. The van der Waals surface area contributed by atoms with Crippen LogP contribution in [0.15, 0.2) is 34.9 Å². The van der Waals surface area contributed by atoms with Gasteiger partial charge in [-0.25, -0.2) is 0 Å². The lowest BCUT2D eigenvalue weighted by Crippen LogP contribution is -2.37. The second-order valence-electron chi connectivity index (χ2n) is 5.79. The molecule has 5 heteroatoms. The summed E-state index contributed by atoms with van der Waals surface area (Å²) < 4.78 is 5.35. The van der Waals surface area contributed by atoms with Crippen LogP contribution in [0.2, 0.25) is 0 Å². The number of nitrogens with two attached hydrogens (primary N) is 1. The molecule has 0 bridgehead atoms. The second-order valence-corrected chi connectivity index (χ2v) is 5.79. The van der Waals surface area contributed by atoms with Crippen molar-refractivity contribution in [1.82, 2.24) is 15.0 Å². The van der Waals surface area contributed by atoms with E-state index in [0.29, 0.717) is 24.4 Å². The number of benzene rings is 1. The molecular formula is C16H22N4O. The van der Waals surface area contributed by atoms with Gasteiger partial charge in [0, 0.05) is 11.6 Å². The Hall–Kier alpha value is -1.72. The quantitative estimate of drug-likeness (QED) is 0.913. The third-order valence-electron chi connectivity index (χ3n) is 4.37. The van der Waals surface area contributed by atoms with Crippen molar-refractivity contribution in [3.05, 3.63) is 36.2 Å². The number of nitrogens with zero attached hydrogens (tertiary/aromatic N) is 3. The monoisotopic (exact) mass is 286 g/mol. The fourth-order valence-electron chi connectivity index (χ4n) is 3.23. The van der Waals surface area contributed by atoms with Crippen LogP contribution in [0.3, 0.4) is 0 Å². The Morgan fingerprint density at radius 1 is 1.29 bits per heavy atom. The Labute approximate surface area is 125 Å². The molecule has 112 valence electrons. The molecule has 1 aliphatic rings. The fourth-order valence-corrected chi connectivity index (χ4v) is 3.23. The summed E-state index contributed by atoms with van der Waals surface area (Å²) in [6, 6.07) is 10.4. The lowest BCUT2D eigenvalue weighted by atomic mass is 10.0. The Morgan fingerprint density at radius 2 is 2.10 bits per heavy atom. The summed E-state index contributed by atoms with van der Waals surface area (Å²) in [5.41, 5.74) is 6.82. The molecule has 0 aliphatic heterocycles. The van der Waals surface area contributed by atoms with Crippen molar-refractivity contribution < 1.29 is 4.52 Å². The van der Waals surface area contributed by atoms with Crippen LogP contribution >= 0.6 is 0 Å². The van der Waals surface area contributed by atoms with Gasteiger partial charge in [-0.3, -0.25) is 4.90 Å². The topological polar surface area (TPSA) is 68.2 Å². The summed E-state index contributed by atoms with van der Waals surface area (Å²) in [6.07, 6.45) is 3.70. The first-order chi connectivity index (χ1) is 10.3. The molecule has 2 atom stereocenters. The summed E-state index contributed by atoms with van der Waals surface area (Å²) in [7, 11) is 2.12. The fraction of sp³-hybridized carbons (Fsp3) is 0.500. The van der Waals surface area contributed by atoms with Crippen LogP contribution in [0, 0.1) is 5.92 Å². The van der Waals surface area contributed by atoms with Gasteiger partial charge in [-0.1, -0.05) is 29.8 Å². The molecule has 2 N–H and O–H groups in total. The molecule has 1 aromatic heterocycles. The first-order valence-corrected chi connectivity index (χ1v) is 7.56. The van der Waals surface area contributed by atoms with Crippen LogP contribution < -0.4 is 5.73 Å². The molecule has 3 rings (SSSR count). The second kappa shape index (κ2) is 6.37. The average Bonchev–Trinajstić information content (AvgIpc) is 3.16. The van der Waals surface area contributed by atoms with E-state index in [2.05, 4.69) is 22.1 Å². The largest absolute Gasteiger partial charge is 0.334 e. The van der Waals surface area contributed by atoms with Gasteiger partial charge >= 0.3 is 0 Å². The van der Waals surface area contributed by atoms with E-state index in [9.17, 15) is 0 Å². The molecule has 21 heavy (non-hydrogen) atoms. The maximum atomic E-state index is 5.86. The normalized spacial score (nSPS) is 22.0. The minimum atomic E-state index is 0.536. The first kappa shape index (κ1) is 14.2. The number of hydrogen-bond donors (Lipinski definition) is 1. The number of aromatic nitrogens is 2. The molecule has 1 saturated carbocycles. The molecular weight excluding hydrogens is 264 g/mol. The van der Waals surface area contributed by atoms with Crippen molar-refractivity contribution in [1.29, 1.82) is 0 Å². The van der Waals surface area contributed by atoms with Crippen LogP contribution in [-0.4, -0.2) is 34.7 Å². The number of rotatable bonds is 5. The summed E-state index contributed by atoms with van der Waals surface area (Å²) in [6.45, 7) is 1.47. The highest BCUT2D eigenvalue weighted by Crippen LogP contribution is 2.29. The molecule has 1 aromatic carbocycles. The zero-order valence-electron chi connectivity index (χ0n) is 12.4. The summed E-state index contributed by atoms with van der Waals surface area (Å²) in [4.78, 5) is 6.80. The van der Waals surface area contributed by atoms with Gasteiger partial charge in [-0.2, -0.15) is 4.98 Å². The van der Waals surface area contributed by atoms with E-state index in [0.717, 1.165) is 17.9 Å². The summed E-state index contributed by atoms with van der Waals surface area (Å²) >= 11 is 0. The highest BCUT2D eigenvalue weighted by atomic mass is 16.5. The van der Waals surface area contributed by atoms with Crippen LogP contribution in [0.1, 0.15) is 25.1 Å². The standard InChI is InChI=1S/C16H22N4O/c1-20(14-9-5-8-13(14)10-17)11-15-18-16(21-19-15)12-6-3-2-4-7-12/h2-4,6-7,13-14H,5,8-11,17H2,1H3. The van der Waals surface area contributed by atoms with Crippen LogP contribution in [0.25, 0.3) is 11.5 Å². The molecule has 0 amide bonds. The SMILES string of the molecule is CN(Cc1noc(-c2ccccc2)n1)C1CCCC1CN. The summed E-state index contributed by atoms with van der Waals surface area (Å²) in [5.74, 6) is 1.91. The third-order valence-corrected chi connectivity index (χ3v) is 4.37. The van der Waals surface area contributed by atoms with Crippen molar-refractivity contribution in [2.75, 3.05) is 13.6 Å². The Balaban J connectivity index is 1.67. The molecule has 0 spiro atoms. The van der Waals surface area contributed by atoms with E-state index >= 15 is 0 Å². The lowest BCUT2D eigenvalue weighted by Gasteiger charge is -2.27. The predicted octanol–water partition coefficient (Wildman–Crippen LogP) is 2.30. The Bertz CT molecular complexity index is 569. The van der Waals surface area contributed by atoms with Gasteiger partial charge < -0.3 is 10.3 Å². The van der Waals surface area contributed by atoms with Crippen molar-refractivity contribution in [3.8, 4) is 11.5 Å². The van der Waals surface area contributed by atoms with Crippen molar-refractivity contribution >= 4 is 0 Å². The maximum Gasteiger partial charge on any atom is 0.257 e. The van der Waals surface area contributed by atoms with Gasteiger partial charge in [-0.05, 0) is 44.5 Å². The van der Waals surface area contributed by atoms with Gasteiger partial charge in [0.15, 0.2) is 5.82 Å². The summed E-state index contributed by atoms with van der Waals surface area (Å²) in [5, 5.41) is 4.10. The van der Waals surface area contributed by atoms with Gasteiger partial charge in [0.2, 0.25) is 0 Å². The van der Waals surface area contributed by atoms with Gasteiger partial charge in [0.1, 0.15) is 0 Å². The van der Waals surface area contributed by atoms with E-state index in [1.165, 1.54) is 19.3 Å². The maximum absolute atomic E-state index is 5.86. The zero-order chi connectivity index (χ0) is 14.7. The smallest absolute Gasteiger partial charge is 0.257 e. The molecule has 2 unspecified atom stereocenters. The van der Waals surface area contributed by atoms with E-state index in [-0.39, 0.29) is 0 Å². The van der Waals surface area contributed by atoms with E-state index in [1.54, 1.807) is 0 Å². The van der Waals surface area contributed by atoms with E-state index in [1.807, 2.05) is 30.3 Å². The Morgan fingerprint density at radius 3 is 2.86 bits per heavy atom. The molecule has 2 aromatic rings. The highest BCUT2D eigenvalue weighted by molar-refractivity contribution is 5.51. The Kier molecular flexibility index (Phi) is 4.31. The van der Waals surface area contributed by atoms with Gasteiger partial charge in [0.25, 0.3) is 5.89 Å². The molecule has 5 nitrogen and oxygen atoms in total. The van der Waals surface area contributed by atoms with Crippen LogP contribution in [0.4, 0.5) is 0 Å². The average molecular weight is 286 g/mol. The van der Waals surface area contributed by atoms with E-state index < -0.39 is 0 Å². The minimum Gasteiger partial charge on any atom is -0.334 e. The zero-order valence-corrected chi connectivity index (χ0v) is 12.4. The van der Waals surface area contributed by atoms with Gasteiger partial charge in [-0.15, -0.1) is 0 Å². The number of hydrogen-bond acceptors (Lipinski definition) is 5. The van der Waals surface area contributed by atoms with Crippen LogP contribution in [-0.2, 0) is 6.54 Å². The first-order valence-electron chi connectivity index (χ1n) is 7.56. The predicted molar refractivity (Wildman–Crippen MR) is 81.4 cm³/mol. The van der Waals surface area contributed by atoms with Gasteiger partial charge in [0.05, 0.1) is 6.54 Å².